The van der Waals surface area contributed by atoms with Crippen LogP contribution in [0.3, 0.4) is 0 Å². The summed E-state index contributed by atoms with van der Waals surface area (Å²) < 4.78 is 35.8. The van der Waals surface area contributed by atoms with E-state index >= 15 is 0 Å². The van der Waals surface area contributed by atoms with Crippen LogP contribution in [0.4, 0.5) is 0 Å². The molecular weight excluding hydrogens is 888 g/mol. The fourth-order valence-corrected chi connectivity index (χ4v) is 12.7. The Labute approximate surface area is 423 Å². The fourth-order valence-electron chi connectivity index (χ4n) is 9.30. The van der Waals surface area contributed by atoms with Gasteiger partial charge in [-0.3, -0.25) is 0 Å². The van der Waals surface area contributed by atoms with Crippen LogP contribution in [0, 0.1) is 0 Å². The fraction of sp³-hybridized carbons (Fsp3) is 1.00. The quantitative estimate of drug-likeness (QED) is 0.0344. The zero-order valence-electron chi connectivity index (χ0n) is 46.1. The average Bonchev–Trinajstić information content (AvgIpc) is 3.29. The summed E-state index contributed by atoms with van der Waals surface area (Å²) >= 11 is 0. The normalized spacial score (nSPS) is 12.2. The largest absolute Gasteiger partial charge is 1.00 e. The molecule has 0 rings (SSSR count). The van der Waals surface area contributed by atoms with Crippen LogP contribution in [0.1, 0.15) is 239 Å². The van der Waals surface area contributed by atoms with Gasteiger partial charge in [0.1, 0.15) is 0 Å². The highest BCUT2D eigenvalue weighted by atomic mass is 35.5. The third-order valence-corrected chi connectivity index (χ3v) is 19.7. The van der Waals surface area contributed by atoms with Gasteiger partial charge in [0.2, 0.25) is 0 Å². The van der Waals surface area contributed by atoms with E-state index in [1.165, 1.54) is 236 Å². The van der Waals surface area contributed by atoms with Gasteiger partial charge in [-0.05, 0) is 38.5 Å². The van der Waals surface area contributed by atoms with Crippen LogP contribution in [-0.2, 0) is 26.6 Å². The molecule has 0 fully saturated rings. The van der Waals surface area contributed by atoms with E-state index in [1.807, 2.05) is 0 Å². The minimum atomic E-state index is -2.45. The average molecular weight is 1010 g/mol. The molecule has 8 nitrogen and oxygen atoms in total. The van der Waals surface area contributed by atoms with Crippen LogP contribution in [-0.4, -0.2) is 123 Å². The van der Waals surface area contributed by atoms with Crippen molar-refractivity contribution >= 4 is 17.6 Å². The molecule has 0 radical (unpaired) electrons. The third-order valence-electron chi connectivity index (χ3n) is 14.0. The second-order valence-corrected chi connectivity index (χ2v) is 26.4. The molecule has 0 atom stereocenters. The molecular formula is C53H118Cl2N2O6Si2. The lowest BCUT2D eigenvalue weighted by Gasteiger charge is -2.36. The monoisotopic (exact) mass is 1000 g/mol. The van der Waals surface area contributed by atoms with Crippen LogP contribution in [0.2, 0.25) is 12.1 Å². The number of quaternary nitrogens is 2. The number of rotatable bonds is 49. The lowest BCUT2D eigenvalue weighted by molar-refractivity contribution is -0.910. The third kappa shape index (κ3) is 44.4. The first-order valence-corrected chi connectivity index (χ1v) is 31.3. The first kappa shape index (κ1) is 72.2. The Morgan fingerprint density at radius 1 is 0.262 bits per heavy atom. The zero-order valence-corrected chi connectivity index (χ0v) is 49.6. The van der Waals surface area contributed by atoms with E-state index in [-0.39, 0.29) is 24.8 Å². The molecule has 65 heavy (non-hydrogen) atoms. The lowest BCUT2D eigenvalue weighted by Crippen LogP contribution is -3.00. The molecule has 12 heteroatoms. The van der Waals surface area contributed by atoms with E-state index in [2.05, 4.69) is 41.9 Å². The summed E-state index contributed by atoms with van der Waals surface area (Å²) in [5, 5.41) is 0. The van der Waals surface area contributed by atoms with Crippen molar-refractivity contribution in [3.63, 3.8) is 0 Å². The molecule has 0 aliphatic rings. The molecule has 0 unspecified atom stereocenters. The molecule has 0 aliphatic heterocycles. The van der Waals surface area contributed by atoms with Gasteiger partial charge in [-0.15, -0.1) is 0 Å². The van der Waals surface area contributed by atoms with Gasteiger partial charge in [-0.25, -0.2) is 0 Å². The van der Waals surface area contributed by atoms with Gasteiger partial charge < -0.3 is 60.3 Å². The van der Waals surface area contributed by atoms with Gasteiger partial charge in [0, 0.05) is 67.6 Å². The molecule has 398 valence electrons. The molecule has 0 saturated heterocycles. The first-order valence-electron chi connectivity index (χ1n) is 27.4. The highest BCUT2D eigenvalue weighted by molar-refractivity contribution is 6.60. The molecule has 0 aliphatic carbocycles. The maximum absolute atomic E-state index is 5.65. The van der Waals surface area contributed by atoms with Crippen LogP contribution in [0.25, 0.3) is 0 Å². The first-order chi connectivity index (χ1) is 30.5. The van der Waals surface area contributed by atoms with Crippen LogP contribution < -0.4 is 24.8 Å². The van der Waals surface area contributed by atoms with Crippen molar-refractivity contribution in [2.24, 2.45) is 0 Å². The standard InChI is InChI=1S/C27H60NO3Si.C26H58NO3Si.2ClH/c1-7-9-11-13-15-17-19-21-24-28(3,25-22-20-18-16-14-12-10-8-2)26-23-27-32(29-4,30-5)31-6;1-7-8-9-10-11-12-13-14-15-16-17-18-19-20-21-22-24-27(2,3)25-23-26-31(28-4,29-5)30-6;;/h7-27H2,1-6H3;7-26H2,1-6H3;2*1H/q2*+1;;/p-2. The molecule has 0 N–H and O–H groups in total. The Kier molecular flexibility index (Phi) is 56.7. The van der Waals surface area contributed by atoms with Crippen molar-refractivity contribution in [2.45, 2.75) is 251 Å². The van der Waals surface area contributed by atoms with Gasteiger partial charge in [0.25, 0.3) is 0 Å². The zero-order chi connectivity index (χ0) is 47.2. The van der Waals surface area contributed by atoms with Crippen LogP contribution in [0.15, 0.2) is 0 Å². The van der Waals surface area contributed by atoms with Crippen molar-refractivity contribution in [3.8, 4) is 0 Å². The van der Waals surface area contributed by atoms with E-state index in [9.17, 15) is 0 Å². The number of hydrogen-bond donors (Lipinski definition) is 0. The van der Waals surface area contributed by atoms with Crippen molar-refractivity contribution in [2.75, 3.05) is 96.5 Å². The molecule has 0 aromatic carbocycles. The van der Waals surface area contributed by atoms with Gasteiger partial charge in [0.05, 0.1) is 53.9 Å². The van der Waals surface area contributed by atoms with Crippen molar-refractivity contribution in [3.05, 3.63) is 0 Å². The summed E-state index contributed by atoms with van der Waals surface area (Å²) in [6.07, 6.45) is 47.5. The van der Waals surface area contributed by atoms with Gasteiger partial charge in [0.15, 0.2) is 0 Å². The molecule has 0 bridgehead atoms. The van der Waals surface area contributed by atoms with Gasteiger partial charge >= 0.3 is 17.6 Å². The van der Waals surface area contributed by atoms with E-state index in [0.29, 0.717) is 0 Å². The number of nitrogens with zero attached hydrogens (tertiary/aromatic N) is 2. The summed E-state index contributed by atoms with van der Waals surface area (Å²) in [7, 11) is 12.6. The molecule has 0 amide bonds. The van der Waals surface area contributed by atoms with Crippen molar-refractivity contribution in [1.29, 1.82) is 0 Å². The minimum Gasteiger partial charge on any atom is -1.00 e. The number of hydrogen-bond acceptors (Lipinski definition) is 6. The van der Waals surface area contributed by atoms with E-state index in [0.717, 1.165) is 36.0 Å². The maximum Gasteiger partial charge on any atom is 0.500 e. The molecule has 0 spiro atoms. The van der Waals surface area contributed by atoms with Crippen molar-refractivity contribution < 1.29 is 60.3 Å². The lowest BCUT2D eigenvalue weighted by atomic mass is 10.0. The summed E-state index contributed by atoms with van der Waals surface area (Å²) in [5.41, 5.74) is 0. The SMILES string of the molecule is CCCCCCCCCCCCCCCCCC[N+](C)(C)CCC[Si](OC)(OC)OC.CCCCCCCCCC[N+](C)(CCCCCCCCCC)CCC[Si](OC)(OC)OC.[Cl-].[Cl-]. The highest BCUT2D eigenvalue weighted by Gasteiger charge is 2.39. The Hall–Kier alpha value is 0.694. The minimum absolute atomic E-state index is 0. The summed E-state index contributed by atoms with van der Waals surface area (Å²) in [6.45, 7) is 13.1. The Morgan fingerprint density at radius 3 is 0.692 bits per heavy atom. The number of unbranched alkanes of at least 4 members (excludes halogenated alkanes) is 29. The molecule has 0 aromatic heterocycles. The highest BCUT2D eigenvalue weighted by Crippen LogP contribution is 2.21. The second kappa shape index (κ2) is 51.1. The smallest absolute Gasteiger partial charge is 0.500 e. The molecule has 0 aromatic rings. The number of halogens is 2. The second-order valence-electron chi connectivity index (χ2n) is 20.2. The van der Waals surface area contributed by atoms with Crippen LogP contribution >= 0.6 is 0 Å². The van der Waals surface area contributed by atoms with Gasteiger partial charge in [-0.2, -0.15) is 0 Å². The summed E-state index contributed by atoms with van der Waals surface area (Å²) in [4.78, 5) is 0. The molecule has 0 heterocycles. The van der Waals surface area contributed by atoms with E-state index < -0.39 is 17.6 Å². The summed E-state index contributed by atoms with van der Waals surface area (Å²) in [6, 6.07) is 1.82. The van der Waals surface area contributed by atoms with Crippen LogP contribution in [0.5, 0.6) is 0 Å². The Bertz CT molecular complexity index is 885. The molecule has 0 saturated carbocycles. The summed E-state index contributed by atoms with van der Waals surface area (Å²) in [5.74, 6) is 0. The Balaban J connectivity index is -0.000000556. The topological polar surface area (TPSA) is 55.4 Å². The van der Waals surface area contributed by atoms with E-state index in [1.54, 1.807) is 42.7 Å². The predicted octanol–water partition coefficient (Wildman–Crippen LogP) is 9.58. The van der Waals surface area contributed by atoms with Gasteiger partial charge in [-0.1, -0.05) is 188 Å². The predicted molar refractivity (Wildman–Crippen MR) is 280 cm³/mol. The van der Waals surface area contributed by atoms with Crippen molar-refractivity contribution in [1.82, 2.24) is 0 Å². The Morgan fingerprint density at radius 2 is 0.446 bits per heavy atom. The van der Waals surface area contributed by atoms with E-state index in [4.69, 9.17) is 26.6 Å². The maximum atomic E-state index is 5.65.